The highest BCUT2D eigenvalue weighted by Crippen LogP contribution is 2.28. The molecule has 0 radical (unpaired) electrons. The van der Waals surface area contributed by atoms with Crippen LogP contribution in [0.2, 0.25) is 0 Å². The number of halogens is 1. The number of thioether (sulfide) groups is 1. The minimum Gasteiger partial charge on any atom is -0.326 e. The van der Waals surface area contributed by atoms with Gasteiger partial charge in [0.1, 0.15) is 11.6 Å². The summed E-state index contributed by atoms with van der Waals surface area (Å²) < 4.78 is 16.0. The fraction of sp³-hybridized carbons (Fsp3) is 0.161. The Morgan fingerprint density at radius 2 is 1.73 bits per heavy atom. The lowest BCUT2D eigenvalue weighted by Crippen LogP contribution is -2.14. The Hall–Kier alpha value is -3.90. The van der Waals surface area contributed by atoms with Crippen LogP contribution in [0.15, 0.2) is 95.9 Å². The maximum absolute atomic E-state index is 13.9. The van der Waals surface area contributed by atoms with Crippen LogP contribution in [-0.4, -0.2) is 21.2 Å². The Morgan fingerprint density at radius 3 is 2.46 bits per heavy atom. The molecule has 0 saturated heterocycles. The van der Waals surface area contributed by atoms with Crippen molar-refractivity contribution < 1.29 is 9.18 Å². The number of aromatic nitrogens is 2. The van der Waals surface area contributed by atoms with Crippen molar-refractivity contribution in [2.45, 2.75) is 31.7 Å². The van der Waals surface area contributed by atoms with Crippen molar-refractivity contribution in [2.75, 3.05) is 11.1 Å². The quantitative estimate of drug-likeness (QED) is 0.220. The number of fused-ring (bicyclic) bond motifs is 1. The van der Waals surface area contributed by atoms with Gasteiger partial charge in [-0.25, -0.2) is 9.37 Å². The second-order valence-corrected chi connectivity index (χ2v) is 10.4. The van der Waals surface area contributed by atoms with Gasteiger partial charge in [-0.2, -0.15) is 0 Å². The first-order chi connectivity index (χ1) is 18.0. The molecule has 5 rings (SSSR count). The molecular weight excluding hydrogens is 481 g/mol. The van der Waals surface area contributed by atoms with E-state index in [9.17, 15) is 9.18 Å². The molecule has 0 aliphatic carbocycles. The molecule has 0 unspecified atom stereocenters. The smallest absolute Gasteiger partial charge is 0.228 e. The molecule has 5 aromatic rings. The maximum Gasteiger partial charge on any atom is 0.228 e. The van der Waals surface area contributed by atoms with Gasteiger partial charge in [-0.3, -0.25) is 4.79 Å². The lowest BCUT2D eigenvalue weighted by atomic mass is 10.1. The monoisotopic (exact) mass is 509 g/mol. The third-order valence-corrected chi connectivity index (χ3v) is 7.05. The second-order valence-electron chi connectivity index (χ2n) is 9.02. The zero-order valence-electron chi connectivity index (χ0n) is 20.9. The molecule has 4 aromatic carbocycles. The number of carbonyl (C=O) groups is 1. The van der Waals surface area contributed by atoms with Crippen molar-refractivity contribution in [3.8, 4) is 11.4 Å². The van der Waals surface area contributed by atoms with Crippen LogP contribution in [0.4, 0.5) is 10.1 Å². The largest absolute Gasteiger partial charge is 0.326 e. The number of anilines is 1. The van der Waals surface area contributed by atoms with E-state index in [0.717, 1.165) is 50.6 Å². The number of rotatable bonds is 8. The standard InChI is InChI=1S/C31H28FN3OS/c1-3-37-27-14-8-22(9-15-27)19-30(36)33-26-12-10-24(11-13-26)31-34-28-16-7-21(2)17-29(28)35(31)20-23-5-4-6-25(32)18-23/h4-18H,3,19-20H2,1-2H3,(H,33,36). The molecule has 0 aliphatic heterocycles. The van der Waals surface area contributed by atoms with Crippen LogP contribution < -0.4 is 5.32 Å². The average Bonchev–Trinajstić information content (AvgIpc) is 3.23. The van der Waals surface area contributed by atoms with Crippen LogP contribution in [0.25, 0.3) is 22.4 Å². The number of nitrogens with one attached hydrogen (secondary N) is 1. The molecule has 1 amide bonds. The summed E-state index contributed by atoms with van der Waals surface area (Å²) >= 11 is 1.78. The van der Waals surface area contributed by atoms with Crippen LogP contribution in [0, 0.1) is 12.7 Å². The Bertz CT molecular complexity index is 1540. The zero-order valence-corrected chi connectivity index (χ0v) is 21.7. The van der Waals surface area contributed by atoms with Gasteiger partial charge in [0.05, 0.1) is 17.5 Å². The summed E-state index contributed by atoms with van der Waals surface area (Å²) in [7, 11) is 0. The van der Waals surface area contributed by atoms with E-state index in [1.807, 2.05) is 54.6 Å². The lowest BCUT2D eigenvalue weighted by Gasteiger charge is -2.11. The number of benzene rings is 4. The first-order valence-corrected chi connectivity index (χ1v) is 13.3. The number of amides is 1. The molecule has 0 fully saturated rings. The maximum atomic E-state index is 13.9. The van der Waals surface area contributed by atoms with E-state index >= 15 is 0 Å². The first-order valence-electron chi connectivity index (χ1n) is 12.3. The van der Waals surface area contributed by atoms with E-state index in [0.29, 0.717) is 13.0 Å². The van der Waals surface area contributed by atoms with Crippen molar-refractivity contribution in [3.05, 3.63) is 114 Å². The van der Waals surface area contributed by atoms with Gasteiger partial charge in [-0.05, 0) is 90.0 Å². The van der Waals surface area contributed by atoms with Gasteiger partial charge in [-0.1, -0.05) is 37.3 Å². The molecule has 1 heterocycles. The molecular formula is C31H28FN3OS. The minimum atomic E-state index is -0.254. The van der Waals surface area contributed by atoms with E-state index in [1.165, 1.54) is 11.0 Å². The third-order valence-electron chi connectivity index (χ3n) is 6.16. The predicted octanol–water partition coefficient (Wildman–Crippen LogP) is 7.49. The van der Waals surface area contributed by atoms with Crippen molar-refractivity contribution >= 4 is 34.4 Å². The predicted molar refractivity (Wildman–Crippen MR) is 151 cm³/mol. The molecule has 0 saturated carbocycles. The second kappa shape index (κ2) is 11.0. The molecule has 186 valence electrons. The minimum absolute atomic E-state index is 0.0579. The summed E-state index contributed by atoms with van der Waals surface area (Å²) in [5.74, 6) is 1.51. The summed E-state index contributed by atoms with van der Waals surface area (Å²) in [5, 5.41) is 2.99. The van der Waals surface area contributed by atoms with Crippen LogP contribution in [0.5, 0.6) is 0 Å². The summed E-state index contributed by atoms with van der Waals surface area (Å²) in [6, 6.07) is 28.7. The van der Waals surface area contributed by atoms with Crippen molar-refractivity contribution in [1.82, 2.24) is 9.55 Å². The molecule has 0 aliphatic rings. The Labute approximate surface area is 220 Å². The number of aryl methyl sites for hydroxylation is 1. The van der Waals surface area contributed by atoms with Crippen molar-refractivity contribution in [1.29, 1.82) is 0 Å². The number of imidazole rings is 1. The summed E-state index contributed by atoms with van der Waals surface area (Å²) in [5.41, 5.74) is 6.53. The van der Waals surface area contributed by atoms with Gasteiger partial charge in [0.25, 0.3) is 0 Å². The van der Waals surface area contributed by atoms with Gasteiger partial charge in [0.15, 0.2) is 0 Å². The number of carbonyl (C=O) groups excluding carboxylic acids is 1. The number of hydrogen-bond donors (Lipinski definition) is 1. The number of hydrogen-bond acceptors (Lipinski definition) is 3. The number of nitrogens with zero attached hydrogens (tertiary/aromatic N) is 2. The molecule has 0 bridgehead atoms. The Balaban J connectivity index is 1.36. The summed E-state index contributed by atoms with van der Waals surface area (Å²) in [6.07, 6.45) is 0.321. The fourth-order valence-corrected chi connectivity index (χ4v) is 5.06. The topological polar surface area (TPSA) is 46.9 Å². The van der Waals surface area contributed by atoms with Gasteiger partial charge in [-0.15, -0.1) is 11.8 Å². The van der Waals surface area contributed by atoms with Gasteiger partial charge in [0, 0.05) is 22.7 Å². The van der Waals surface area contributed by atoms with Crippen LogP contribution in [-0.2, 0) is 17.8 Å². The highest BCUT2D eigenvalue weighted by Gasteiger charge is 2.14. The third kappa shape index (κ3) is 5.92. The molecule has 0 spiro atoms. The normalized spacial score (nSPS) is 11.1. The first kappa shape index (κ1) is 24.8. The van der Waals surface area contributed by atoms with Crippen molar-refractivity contribution in [3.63, 3.8) is 0 Å². The van der Waals surface area contributed by atoms with Crippen LogP contribution >= 0.6 is 11.8 Å². The van der Waals surface area contributed by atoms with Crippen molar-refractivity contribution in [2.24, 2.45) is 0 Å². The zero-order chi connectivity index (χ0) is 25.8. The van der Waals surface area contributed by atoms with Crippen LogP contribution in [0.1, 0.15) is 23.6 Å². The van der Waals surface area contributed by atoms with E-state index in [-0.39, 0.29) is 11.7 Å². The highest BCUT2D eigenvalue weighted by molar-refractivity contribution is 7.99. The SMILES string of the molecule is CCSc1ccc(CC(=O)Nc2ccc(-c3nc4ccc(C)cc4n3Cc3cccc(F)c3)cc2)cc1. The van der Waals surface area contributed by atoms with Gasteiger partial charge >= 0.3 is 0 Å². The van der Waals surface area contributed by atoms with E-state index < -0.39 is 0 Å². The Morgan fingerprint density at radius 1 is 0.946 bits per heavy atom. The Kier molecular flexibility index (Phi) is 7.37. The van der Waals surface area contributed by atoms with E-state index in [1.54, 1.807) is 23.9 Å². The molecule has 1 N–H and O–H groups in total. The highest BCUT2D eigenvalue weighted by atomic mass is 32.2. The van der Waals surface area contributed by atoms with E-state index in [4.69, 9.17) is 4.98 Å². The lowest BCUT2D eigenvalue weighted by molar-refractivity contribution is -0.115. The average molecular weight is 510 g/mol. The molecule has 4 nitrogen and oxygen atoms in total. The summed E-state index contributed by atoms with van der Waals surface area (Å²) in [4.78, 5) is 18.7. The molecule has 1 aromatic heterocycles. The van der Waals surface area contributed by atoms with Gasteiger partial charge < -0.3 is 9.88 Å². The molecule has 0 atom stereocenters. The summed E-state index contributed by atoms with van der Waals surface area (Å²) in [6.45, 7) is 4.67. The fourth-order valence-electron chi connectivity index (χ4n) is 4.39. The molecule has 37 heavy (non-hydrogen) atoms. The van der Waals surface area contributed by atoms with Crippen LogP contribution in [0.3, 0.4) is 0 Å². The van der Waals surface area contributed by atoms with Gasteiger partial charge in [0.2, 0.25) is 5.91 Å². The molecule has 6 heteroatoms. The van der Waals surface area contributed by atoms with E-state index in [2.05, 4.69) is 41.9 Å².